The number of allylic oxidation sites excluding steroid dienone is 2. The maximum Gasteiger partial charge on any atom is 0.124 e. The van der Waals surface area contributed by atoms with E-state index in [-0.39, 0.29) is 11.1 Å². The van der Waals surface area contributed by atoms with Crippen LogP contribution >= 0.6 is 22.7 Å². The molecule has 2 aromatic heterocycles. The van der Waals surface area contributed by atoms with Gasteiger partial charge in [-0.3, -0.25) is 10.8 Å². The minimum absolute atomic E-state index is 0.00950. The molecule has 0 amide bonds. The van der Waals surface area contributed by atoms with Crippen molar-refractivity contribution in [1.29, 1.82) is 31.9 Å². The molecule has 5 aromatic rings. The molecule has 0 radical (unpaired) electrons. The zero-order valence-corrected chi connectivity index (χ0v) is 25.2. The first-order valence-corrected chi connectivity index (χ1v) is 15.1. The molecule has 7 nitrogen and oxygen atoms in total. The molecule has 0 fully saturated rings. The first-order valence-electron chi connectivity index (χ1n) is 13.5. The summed E-state index contributed by atoms with van der Waals surface area (Å²) in [5.41, 5.74) is 4.78. The molecule has 2 N–H and O–H groups in total. The summed E-state index contributed by atoms with van der Waals surface area (Å²) in [6.45, 7) is 0. The molecule has 0 aliphatic heterocycles. The summed E-state index contributed by atoms with van der Waals surface area (Å²) in [5.74, 6) is 2.54. The first-order chi connectivity index (χ1) is 22.0. The fraction of sp³-hybridized carbons (Fsp3) is 0.0556. The topological polar surface area (TPSA) is 146 Å². The van der Waals surface area contributed by atoms with E-state index in [1.807, 2.05) is 115 Å². The van der Waals surface area contributed by atoms with Crippen LogP contribution in [0.2, 0.25) is 0 Å². The summed E-state index contributed by atoms with van der Waals surface area (Å²) >= 11 is 2.83. The molecule has 45 heavy (non-hydrogen) atoms. The van der Waals surface area contributed by atoms with Crippen molar-refractivity contribution in [2.75, 3.05) is 4.90 Å². The number of rotatable bonds is 9. The van der Waals surface area contributed by atoms with Crippen molar-refractivity contribution < 1.29 is 0 Å². The number of anilines is 3. The lowest BCUT2D eigenvalue weighted by Gasteiger charge is -2.25. The zero-order chi connectivity index (χ0) is 31.8. The molecule has 0 saturated heterocycles. The van der Waals surface area contributed by atoms with Crippen molar-refractivity contribution >= 4 is 51.5 Å². The maximum atomic E-state index is 9.58. The maximum absolute atomic E-state index is 9.58. The van der Waals surface area contributed by atoms with Gasteiger partial charge in [0, 0.05) is 36.6 Å². The van der Waals surface area contributed by atoms with Crippen molar-refractivity contribution in [2.45, 2.75) is 11.8 Å². The van der Waals surface area contributed by atoms with Gasteiger partial charge in [0.25, 0.3) is 0 Å². The van der Waals surface area contributed by atoms with Crippen molar-refractivity contribution in [3.05, 3.63) is 124 Å². The number of nitrogens with one attached hydrogen (secondary N) is 2. The average Bonchev–Trinajstić information content (AvgIpc) is 3.78. The molecule has 3 aromatic carbocycles. The Bertz CT molecular complexity index is 1980. The Balaban J connectivity index is 1.44. The lowest BCUT2D eigenvalue weighted by molar-refractivity contribution is 1.09. The second kappa shape index (κ2) is 13.8. The number of nitrogens with zero attached hydrogens (tertiary/aromatic N) is 5. The summed E-state index contributed by atoms with van der Waals surface area (Å²) in [4.78, 5) is 5.42. The van der Waals surface area contributed by atoms with Crippen LogP contribution in [-0.4, -0.2) is 11.7 Å². The van der Waals surface area contributed by atoms with E-state index in [9.17, 15) is 21.0 Å². The van der Waals surface area contributed by atoms with Crippen LogP contribution in [-0.2, 0) is 0 Å². The average molecular weight is 616 g/mol. The minimum atomic E-state index is -0.816. The molecular weight excluding hydrogens is 595 g/mol. The number of hydrogen-bond acceptors (Lipinski definition) is 9. The molecule has 212 valence electrons. The van der Waals surface area contributed by atoms with E-state index >= 15 is 0 Å². The van der Waals surface area contributed by atoms with Gasteiger partial charge in [-0.1, -0.05) is 42.5 Å². The van der Waals surface area contributed by atoms with Crippen LogP contribution in [0.3, 0.4) is 0 Å². The first kappa shape index (κ1) is 30.2. The number of para-hydroxylation sites is 1. The van der Waals surface area contributed by atoms with Gasteiger partial charge in [-0.25, -0.2) is 0 Å². The van der Waals surface area contributed by atoms with E-state index < -0.39 is 11.8 Å². The van der Waals surface area contributed by atoms with Crippen LogP contribution in [0.4, 0.5) is 17.1 Å². The highest BCUT2D eigenvalue weighted by atomic mass is 32.1. The molecule has 0 saturated carbocycles. The van der Waals surface area contributed by atoms with Gasteiger partial charge in [0.2, 0.25) is 0 Å². The fourth-order valence-electron chi connectivity index (χ4n) is 4.77. The predicted octanol–water partition coefficient (Wildman–Crippen LogP) is 9.22. The normalized spacial score (nSPS) is 11.3. The molecule has 9 heteroatoms. The summed E-state index contributed by atoms with van der Waals surface area (Å²) in [6, 6.07) is 41.7. The van der Waals surface area contributed by atoms with E-state index in [1.54, 1.807) is 0 Å². The van der Waals surface area contributed by atoms with Crippen LogP contribution in [0.5, 0.6) is 0 Å². The quantitative estimate of drug-likeness (QED) is 0.125. The van der Waals surface area contributed by atoms with E-state index in [0.29, 0.717) is 9.75 Å². The second-order valence-electron chi connectivity index (χ2n) is 9.59. The molecule has 0 bridgehead atoms. The highest BCUT2D eigenvalue weighted by molar-refractivity contribution is 7.16. The molecule has 2 unspecified atom stereocenters. The van der Waals surface area contributed by atoms with Crippen molar-refractivity contribution in [3.8, 4) is 45.2 Å². The van der Waals surface area contributed by atoms with Crippen molar-refractivity contribution in [1.82, 2.24) is 0 Å². The lowest BCUT2D eigenvalue weighted by atomic mass is 10.0. The highest BCUT2D eigenvalue weighted by Crippen LogP contribution is 2.40. The van der Waals surface area contributed by atoms with Crippen LogP contribution in [0.1, 0.15) is 21.6 Å². The van der Waals surface area contributed by atoms with Gasteiger partial charge in [0.1, 0.15) is 35.1 Å². The SMILES string of the molecule is N#CC(=C=N)C(C#N)c1ccc(-c2ccc(N(c3ccccc3)c3ccc(-c4ccc(C(C#N)C(=C=N)C#N)s4)cc3)cc2)s1. The van der Waals surface area contributed by atoms with Gasteiger partial charge in [-0.15, -0.1) is 22.7 Å². The van der Waals surface area contributed by atoms with Gasteiger partial charge in [0.15, 0.2) is 0 Å². The molecule has 2 heterocycles. The third-order valence-corrected chi connectivity index (χ3v) is 9.40. The van der Waals surface area contributed by atoms with E-state index in [4.69, 9.17) is 10.8 Å². The molecule has 0 aliphatic rings. The van der Waals surface area contributed by atoms with Crippen LogP contribution in [0.15, 0.2) is 114 Å². The van der Waals surface area contributed by atoms with Gasteiger partial charge in [-0.2, -0.15) is 21.0 Å². The molecule has 5 rings (SSSR count). The third-order valence-electron chi connectivity index (χ3n) is 7.00. The van der Waals surface area contributed by atoms with Gasteiger partial charge in [0.05, 0.1) is 12.1 Å². The second-order valence-corrected chi connectivity index (χ2v) is 11.8. The van der Waals surface area contributed by atoms with Crippen molar-refractivity contribution in [3.63, 3.8) is 0 Å². The number of nitriles is 4. The van der Waals surface area contributed by atoms with Gasteiger partial charge >= 0.3 is 0 Å². The zero-order valence-electron chi connectivity index (χ0n) is 23.5. The Morgan fingerprint density at radius 1 is 0.533 bits per heavy atom. The number of hydrogen-bond donors (Lipinski definition) is 2. The monoisotopic (exact) mass is 615 g/mol. The Morgan fingerprint density at radius 2 is 0.933 bits per heavy atom. The van der Waals surface area contributed by atoms with Gasteiger partial charge in [-0.05, 0) is 83.5 Å². The highest BCUT2D eigenvalue weighted by Gasteiger charge is 2.21. The minimum Gasteiger partial charge on any atom is -0.311 e. The van der Waals surface area contributed by atoms with E-state index in [2.05, 4.69) is 28.8 Å². The third kappa shape index (κ3) is 6.25. The Morgan fingerprint density at radius 3 is 1.29 bits per heavy atom. The van der Waals surface area contributed by atoms with E-state index in [0.717, 1.165) is 37.9 Å². The molecular formula is C36H21N7S2. The van der Waals surface area contributed by atoms with Crippen LogP contribution in [0, 0.1) is 56.1 Å². The standard InChI is InChI=1S/C36H21N7S2/c37-18-26(19-38)31(22-41)35-16-14-33(44-35)24-6-10-29(11-7-24)43(28-4-2-1-3-5-28)30-12-8-25(9-13-30)34-15-17-36(45-34)32(23-42)27(20-39)21-40/h1-17,31-32,37,39H. The number of thiophene rings is 2. The lowest BCUT2D eigenvalue weighted by Crippen LogP contribution is -2.09. The Hall–Kier alpha value is -6.28. The van der Waals surface area contributed by atoms with Crippen LogP contribution in [0.25, 0.3) is 20.9 Å². The van der Waals surface area contributed by atoms with Gasteiger partial charge < -0.3 is 4.90 Å². The Labute approximate surface area is 268 Å². The summed E-state index contributed by atoms with van der Waals surface area (Å²) in [7, 11) is 0. The summed E-state index contributed by atoms with van der Waals surface area (Å²) < 4.78 is 0. The molecule has 0 spiro atoms. The number of benzene rings is 3. The Kier molecular flexibility index (Phi) is 9.25. The summed E-state index contributed by atoms with van der Waals surface area (Å²) in [5, 5.41) is 52.4. The predicted molar refractivity (Wildman–Crippen MR) is 178 cm³/mol. The van der Waals surface area contributed by atoms with Crippen LogP contribution < -0.4 is 4.90 Å². The van der Waals surface area contributed by atoms with E-state index in [1.165, 1.54) is 22.7 Å². The molecule has 0 aliphatic carbocycles. The smallest absolute Gasteiger partial charge is 0.124 e. The fourth-order valence-corrected chi connectivity index (χ4v) is 6.91. The largest absolute Gasteiger partial charge is 0.311 e. The molecule has 2 atom stereocenters. The van der Waals surface area contributed by atoms with Crippen molar-refractivity contribution in [2.24, 2.45) is 0 Å². The summed E-state index contributed by atoms with van der Waals surface area (Å²) in [6.07, 6.45) is 0.